The summed E-state index contributed by atoms with van der Waals surface area (Å²) >= 11 is 3.43. The van der Waals surface area contributed by atoms with Crippen molar-refractivity contribution in [2.45, 2.75) is 6.18 Å². The van der Waals surface area contributed by atoms with Gasteiger partial charge in [-0.25, -0.2) is 9.50 Å². The lowest BCUT2D eigenvalue weighted by Gasteiger charge is -2.11. The molecule has 7 heteroatoms. The number of benzene rings is 2. The molecule has 0 radical (unpaired) electrons. The van der Waals surface area contributed by atoms with Crippen LogP contribution < -0.4 is 0 Å². The summed E-state index contributed by atoms with van der Waals surface area (Å²) < 4.78 is 40.9. The summed E-state index contributed by atoms with van der Waals surface area (Å²) in [7, 11) is 0. The van der Waals surface area contributed by atoms with Crippen molar-refractivity contribution in [2.75, 3.05) is 0 Å². The Labute approximate surface area is 142 Å². The highest BCUT2D eigenvalue weighted by Gasteiger charge is 2.30. The maximum absolute atomic E-state index is 12.8. The van der Waals surface area contributed by atoms with Gasteiger partial charge in [0.2, 0.25) is 0 Å². The Kier molecular flexibility index (Phi) is 3.35. The molecule has 4 aromatic rings. The van der Waals surface area contributed by atoms with Crippen molar-refractivity contribution in [1.29, 1.82) is 0 Å². The van der Waals surface area contributed by atoms with Crippen LogP contribution >= 0.6 is 15.9 Å². The fourth-order valence-corrected chi connectivity index (χ4v) is 3.08. The molecule has 2 heterocycles. The van der Waals surface area contributed by atoms with Crippen LogP contribution in [-0.2, 0) is 6.18 Å². The summed E-state index contributed by atoms with van der Waals surface area (Å²) in [5.74, 6) is 0. The van der Waals surface area contributed by atoms with Gasteiger partial charge in [0.15, 0.2) is 5.65 Å². The lowest BCUT2D eigenvalue weighted by molar-refractivity contribution is -0.137. The molecule has 0 aliphatic heterocycles. The molecule has 0 saturated carbocycles. The molecule has 0 spiro atoms. The number of alkyl halides is 3. The molecule has 24 heavy (non-hydrogen) atoms. The third-order valence-electron chi connectivity index (χ3n) is 3.85. The van der Waals surface area contributed by atoms with Crippen LogP contribution in [0.4, 0.5) is 13.2 Å². The maximum Gasteiger partial charge on any atom is 0.416 e. The largest absolute Gasteiger partial charge is 0.416 e. The molecular formula is C17H9BrF3N3. The fourth-order valence-electron chi connectivity index (χ4n) is 2.73. The molecule has 0 bridgehead atoms. The van der Waals surface area contributed by atoms with E-state index in [1.165, 1.54) is 18.5 Å². The van der Waals surface area contributed by atoms with E-state index in [9.17, 15) is 13.2 Å². The zero-order chi connectivity index (χ0) is 16.9. The van der Waals surface area contributed by atoms with Gasteiger partial charge in [-0.2, -0.15) is 18.3 Å². The molecule has 120 valence electrons. The second-order valence-electron chi connectivity index (χ2n) is 5.32. The summed E-state index contributed by atoms with van der Waals surface area (Å²) in [6.45, 7) is 0. The molecule has 0 amide bonds. The molecule has 0 aliphatic rings. The topological polar surface area (TPSA) is 30.2 Å². The van der Waals surface area contributed by atoms with Gasteiger partial charge in [0.25, 0.3) is 0 Å². The molecule has 0 fully saturated rings. The average molecular weight is 392 g/mol. The Hall–Kier alpha value is -2.41. The molecule has 0 unspecified atom stereocenters. The first-order valence-corrected chi connectivity index (χ1v) is 7.82. The van der Waals surface area contributed by atoms with Crippen molar-refractivity contribution in [1.82, 2.24) is 14.6 Å². The van der Waals surface area contributed by atoms with E-state index in [1.54, 1.807) is 4.52 Å². The zero-order valence-corrected chi connectivity index (χ0v) is 13.6. The summed E-state index contributed by atoms with van der Waals surface area (Å²) in [5.41, 5.74) is 2.30. The first-order valence-electron chi connectivity index (χ1n) is 7.03. The van der Waals surface area contributed by atoms with E-state index in [4.69, 9.17) is 0 Å². The van der Waals surface area contributed by atoms with E-state index in [1.807, 2.05) is 24.3 Å². The Bertz CT molecular complexity index is 1050. The zero-order valence-electron chi connectivity index (χ0n) is 12.0. The Balaban J connectivity index is 1.98. The van der Waals surface area contributed by atoms with Crippen molar-refractivity contribution >= 4 is 32.5 Å². The van der Waals surface area contributed by atoms with E-state index in [-0.39, 0.29) is 0 Å². The van der Waals surface area contributed by atoms with E-state index < -0.39 is 11.7 Å². The van der Waals surface area contributed by atoms with Crippen molar-refractivity contribution in [3.63, 3.8) is 0 Å². The van der Waals surface area contributed by atoms with Gasteiger partial charge < -0.3 is 0 Å². The van der Waals surface area contributed by atoms with Gasteiger partial charge in [0, 0.05) is 9.86 Å². The minimum absolute atomic E-state index is 0.635. The maximum atomic E-state index is 12.8. The molecular weight excluding hydrogens is 383 g/mol. The quantitative estimate of drug-likeness (QED) is 0.438. The van der Waals surface area contributed by atoms with Crippen LogP contribution in [-0.4, -0.2) is 14.6 Å². The number of hydrogen-bond donors (Lipinski definition) is 0. The predicted molar refractivity (Wildman–Crippen MR) is 88.6 cm³/mol. The van der Waals surface area contributed by atoms with E-state index in [0.29, 0.717) is 11.2 Å². The highest BCUT2D eigenvalue weighted by molar-refractivity contribution is 9.10. The third-order valence-corrected chi connectivity index (χ3v) is 4.34. The van der Waals surface area contributed by atoms with Gasteiger partial charge in [-0.05, 0) is 41.5 Å². The number of aromatic nitrogens is 3. The SMILES string of the molecule is FC(F)(F)c1ccc(-c2cc3ncnn3c3cc(Br)ccc23)cc1. The van der Waals surface area contributed by atoms with Crippen molar-refractivity contribution in [3.8, 4) is 11.1 Å². The third kappa shape index (κ3) is 2.45. The van der Waals surface area contributed by atoms with Gasteiger partial charge in [0.05, 0.1) is 11.1 Å². The molecule has 0 atom stereocenters. The first kappa shape index (κ1) is 15.1. The predicted octanol–water partition coefficient (Wildman–Crippen LogP) is 5.33. The van der Waals surface area contributed by atoms with Crippen LogP contribution in [0.3, 0.4) is 0 Å². The lowest BCUT2D eigenvalue weighted by Crippen LogP contribution is -2.04. The number of fused-ring (bicyclic) bond motifs is 3. The minimum atomic E-state index is -4.34. The summed E-state index contributed by atoms with van der Waals surface area (Å²) in [6, 6.07) is 12.7. The van der Waals surface area contributed by atoms with Gasteiger partial charge in [-0.1, -0.05) is 34.1 Å². The van der Waals surface area contributed by atoms with Crippen LogP contribution in [0, 0.1) is 0 Å². The van der Waals surface area contributed by atoms with Crippen molar-refractivity contribution in [3.05, 3.63) is 64.9 Å². The summed E-state index contributed by atoms with van der Waals surface area (Å²) in [6.07, 6.45) is -2.89. The van der Waals surface area contributed by atoms with Crippen LogP contribution in [0.2, 0.25) is 0 Å². The average Bonchev–Trinajstić information content (AvgIpc) is 3.02. The van der Waals surface area contributed by atoms with Gasteiger partial charge in [-0.3, -0.25) is 0 Å². The van der Waals surface area contributed by atoms with Gasteiger partial charge >= 0.3 is 6.18 Å². The minimum Gasteiger partial charge on any atom is -0.215 e. The van der Waals surface area contributed by atoms with E-state index >= 15 is 0 Å². The van der Waals surface area contributed by atoms with E-state index in [2.05, 4.69) is 26.0 Å². The standard InChI is InChI=1S/C17H9BrF3N3/c18-12-5-6-13-14(8-16-22-9-23-24(16)15(13)7-12)10-1-3-11(4-2-10)17(19,20)21/h1-9H. The molecule has 2 aromatic heterocycles. The lowest BCUT2D eigenvalue weighted by atomic mass is 10.00. The summed E-state index contributed by atoms with van der Waals surface area (Å²) in [4.78, 5) is 4.20. The number of halogens is 4. The van der Waals surface area contributed by atoms with Crippen LogP contribution in [0.1, 0.15) is 5.56 Å². The van der Waals surface area contributed by atoms with Gasteiger partial charge in [-0.15, -0.1) is 0 Å². The van der Waals surface area contributed by atoms with Crippen LogP contribution in [0.15, 0.2) is 59.3 Å². The smallest absolute Gasteiger partial charge is 0.215 e. The first-order chi connectivity index (χ1) is 11.4. The highest BCUT2D eigenvalue weighted by Crippen LogP contribution is 2.34. The molecule has 0 N–H and O–H groups in total. The normalized spacial score (nSPS) is 12.2. The van der Waals surface area contributed by atoms with Crippen molar-refractivity contribution in [2.24, 2.45) is 0 Å². The monoisotopic (exact) mass is 391 g/mol. The Morgan fingerprint density at radius 1 is 0.958 bits per heavy atom. The van der Waals surface area contributed by atoms with E-state index in [0.717, 1.165) is 33.1 Å². The van der Waals surface area contributed by atoms with Crippen LogP contribution in [0.5, 0.6) is 0 Å². The molecule has 0 saturated heterocycles. The molecule has 3 nitrogen and oxygen atoms in total. The van der Waals surface area contributed by atoms with Gasteiger partial charge in [0.1, 0.15) is 6.33 Å². The van der Waals surface area contributed by atoms with Crippen molar-refractivity contribution < 1.29 is 13.2 Å². The second-order valence-corrected chi connectivity index (χ2v) is 6.24. The number of rotatable bonds is 1. The Morgan fingerprint density at radius 3 is 2.42 bits per heavy atom. The number of pyridine rings is 1. The van der Waals surface area contributed by atoms with Crippen LogP contribution in [0.25, 0.3) is 27.7 Å². The number of hydrogen-bond acceptors (Lipinski definition) is 2. The molecule has 4 rings (SSSR count). The second kappa shape index (κ2) is 5.31. The number of nitrogens with zero attached hydrogens (tertiary/aromatic N) is 3. The molecule has 2 aromatic carbocycles. The molecule has 0 aliphatic carbocycles. The summed E-state index contributed by atoms with van der Waals surface area (Å²) in [5, 5.41) is 5.09. The fraction of sp³-hybridized carbons (Fsp3) is 0.0588. The Morgan fingerprint density at radius 2 is 1.71 bits per heavy atom. The highest BCUT2D eigenvalue weighted by atomic mass is 79.9.